The van der Waals surface area contributed by atoms with Gasteiger partial charge in [0.15, 0.2) is 0 Å². The van der Waals surface area contributed by atoms with Gasteiger partial charge in [-0.25, -0.2) is 0 Å². The Morgan fingerprint density at radius 3 is 1.10 bits per heavy atom. The zero-order chi connectivity index (χ0) is 47.8. The van der Waals surface area contributed by atoms with Crippen molar-refractivity contribution in [1.29, 1.82) is 0 Å². The standard InChI is InChI=1S/C66H48N2O3/c1-37-27-39(3)65(40(4)28-37)43-15-21-57-51(31-43)53-35-47(19-23-59(53)67(57)45-17-25-63-55(33-45)49-11-7-9-13-61(49)70-63)69-48-20-24-60-54(36-48)52-32-44(66-41(5)29-38(2)30-42(66)6)16-22-58(52)68(60)46-18-26-64-56(34-46)50-12-8-10-14-62(50)71-64/h7-36H,1-6H3. The number of ether oxygens (including phenoxy) is 1. The van der Waals surface area contributed by atoms with E-state index in [4.69, 9.17) is 13.6 Å². The highest BCUT2D eigenvalue weighted by atomic mass is 16.5. The SMILES string of the molecule is Cc1cc(C)c(-c2ccc3c(c2)c2cc(Oc4ccc5c(c4)c4cc(-c6c(C)cc(C)cc6C)ccc4n5-c4ccc5oc6ccccc6c5c4)ccc2n3-c2ccc3oc4ccccc4c3c2)c(C)c1. The summed E-state index contributed by atoms with van der Waals surface area (Å²) in [5, 5.41) is 8.97. The molecule has 0 fully saturated rings. The summed E-state index contributed by atoms with van der Waals surface area (Å²) in [7, 11) is 0. The molecule has 5 heteroatoms. The Labute approximate surface area is 410 Å². The number of benzene rings is 10. The predicted octanol–water partition coefficient (Wildman–Crippen LogP) is 18.7. The van der Waals surface area contributed by atoms with E-state index in [9.17, 15) is 0 Å². The molecular weight excluding hydrogens is 869 g/mol. The minimum atomic E-state index is 0.771. The number of fused-ring (bicyclic) bond motifs is 12. The van der Waals surface area contributed by atoms with Gasteiger partial charge in [-0.15, -0.1) is 0 Å². The summed E-state index contributed by atoms with van der Waals surface area (Å²) in [5.41, 5.74) is 22.7. The summed E-state index contributed by atoms with van der Waals surface area (Å²) in [6.07, 6.45) is 0. The summed E-state index contributed by atoms with van der Waals surface area (Å²) in [4.78, 5) is 0. The lowest BCUT2D eigenvalue weighted by molar-refractivity contribution is 0.484. The maximum Gasteiger partial charge on any atom is 0.135 e. The zero-order valence-corrected chi connectivity index (χ0v) is 40.4. The average Bonchev–Trinajstić information content (AvgIpc) is 4.10. The first kappa shape index (κ1) is 41.2. The van der Waals surface area contributed by atoms with E-state index in [1.54, 1.807) is 0 Å². The molecule has 0 saturated heterocycles. The molecule has 5 nitrogen and oxygen atoms in total. The van der Waals surface area contributed by atoms with Gasteiger partial charge in [-0.1, -0.05) is 83.9 Å². The van der Waals surface area contributed by atoms with Crippen LogP contribution in [0, 0.1) is 41.5 Å². The minimum Gasteiger partial charge on any atom is -0.457 e. The summed E-state index contributed by atoms with van der Waals surface area (Å²) < 4.78 is 24.3. The molecule has 0 aliphatic rings. The van der Waals surface area contributed by atoms with Gasteiger partial charge in [-0.3, -0.25) is 0 Å². The number of nitrogens with zero attached hydrogens (tertiary/aromatic N) is 2. The molecule has 0 aliphatic carbocycles. The van der Waals surface area contributed by atoms with Crippen molar-refractivity contribution >= 4 is 87.5 Å². The monoisotopic (exact) mass is 916 g/mol. The molecule has 0 aliphatic heterocycles. The molecule has 0 spiro atoms. The molecule has 340 valence electrons. The Balaban J connectivity index is 0.945. The normalized spacial score (nSPS) is 12.1. The van der Waals surface area contributed by atoms with Crippen LogP contribution in [0.2, 0.25) is 0 Å². The minimum absolute atomic E-state index is 0.771. The van der Waals surface area contributed by atoms with Gasteiger partial charge in [-0.2, -0.15) is 0 Å². The molecule has 4 aromatic heterocycles. The molecule has 0 bridgehead atoms. The van der Waals surface area contributed by atoms with Crippen LogP contribution >= 0.6 is 0 Å². The van der Waals surface area contributed by atoms with Gasteiger partial charge >= 0.3 is 0 Å². The summed E-state index contributed by atoms with van der Waals surface area (Å²) in [5.74, 6) is 1.54. The number of para-hydroxylation sites is 2. The molecule has 0 atom stereocenters. The van der Waals surface area contributed by atoms with Crippen molar-refractivity contribution in [2.24, 2.45) is 0 Å². The van der Waals surface area contributed by atoms with Crippen LogP contribution in [0.3, 0.4) is 0 Å². The molecule has 0 saturated carbocycles. The van der Waals surface area contributed by atoms with Crippen LogP contribution in [-0.4, -0.2) is 9.13 Å². The van der Waals surface area contributed by atoms with Crippen LogP contribution in [0.5, 0.6) is 11.5 Å². The van der Waals surface area contributed by atoms with E-state index in [2.05, 4.69) is 208 Å². The highest BCUT2D eigenvalue weighted by Gasteiger charge is 2.21. The van der Waals surface area contributed by atoms with Crippen molar-refractivity contribution in [2.45, 2.75) is 41.5 Å². The number of aromatic nitrogens is 2. The number of rotatable bonds is 6. The molecular formula is C66H48N2O3. The lowest BCUT2D eigenvalue weighted by Gasteiger charge is -2.13. The summed E-state index contributed by atoms with van der Waals surface area (Å²) in [6.45, 7) is 13.2. The molecule has 0 N–H and O–H groups in total. The largest absolute Gasteiger partial charge is 0.457 e. The van der Waals surface area contributed by atoms with Crippen molar-refractivity contribution < 1.29 is 13.6 Å². The topological polar surface area (TPSA) is 45.4 Å². The van der Waals surface area contributed by atoms with Crippen molar-refractivity contribution in [3.63, 3.8) is 0 Å². The number of hydrogen-bond acceptors (Lipinski definition) is 3. The van der Waals surface area contributed by atoms with Gasteiger partial charge in [0.2, 0.25) is 0 Å². The lowest BCUT2D eigenvalue weighted by atomic mass is 9.93. The Kier molecular flexibility index (Phi) is 8.91. The van der Waals surface area contributed by atoms with Crippen LogP contribution in [0.1, 0.15) is 33.4 Å². The lowest BCUT2D eigenvalue weighted by Crippen LogP contribution is -1.94. The van der Waals surface area contributed by atoms with Gasteiger partial charge in [0.05, 0.1) is 22.1 Å². The van der Waals surface area contributed by atoms with Crippen LogP contribution in [0.25, 0.3) is 121 Å². The second kappa shape index (κ2) is 15.4. The van der Waals surface area contributed by atoms with E-state index in [1.807, 2.05) is 24.3 Å². The number of aryl methyl sites for hydroxylation is 6. The first-order valence-corrected chi connectivity index (χ1v) is 24.5. The van der Waals surface area contributed by atoms with E-state index >= 15 is 0 Å². The van der Waals surface area contributed by atoms with Gasteiger partial charge in [0.1, 0.15) is 33.8 Å². The molecule has 14 aromatic rings. The Bertz CT molecular complexity index is 4230. The maximum absolute atomic E-state index is 7.00. The summed E-state index contributed by atoms with van der Waals surface area (Å²) >= 11 is 0. The first-order valence-electron chi connectivity index (χ1n) is 24.5. The van der Waals surface area contributed by atoms with Crippen LogP contribution in [-0.2, 0) is 0 Å². The Morgan fingerprint density at radius 1 is 0.310 bits per heavy atom. The fourth-order valence-electron chi connectivity index (χ4n) is 12.1. The van der Waals surface area contributed by atoms with E-state index in [-0.39, 0.29) is 0 Å². The molecule has 71 heavy (non-hydrogen) atoms. The van der Waals surface area contributed by atoms with Gasteiger partial charge in [-0.05, 0) is 195 Å². The Morgan fingerprint density at radius 2 is 0.676 bits per heavy atom. The van der Waals surface area contributed by atoms with Crippen LogP contribution < -0.4 is 4.74 Å². The van der Waals surface area contributed by atoms with E-state index < -0.39 is 0 Å². The smallest absolute Gasteiger partial charge is 0.135 e. The third-order valence-electron chi connectivity index (χ3n) is 14.9. The first-order chi connectivity index (χ1) is 34.6. The number of hydrogen-bond donors (Lipinski definition) is 0. The second-order valence-corrected chi connectivity index (χ2v) is 19.7. The van der Waals surface area contributed by atoms with Crippen molar-refractivity contribution in [3.8, 4) is 45.1 Å². The molecule has 4 heterocycles. The van der Waals surface area contributed by atoms with Gasteiger partial charge < -0.3 is 22.7 Å². The molecule has 0 amide bonds. The predicted molar refractivity (Wildman–Crippen MR) is 295 cm³/mol. The van der Waals surface area contributed by atoms with Gasteiger partial charge in [0.25, 0.3) is 0 Å². The quantitative estimate of drug-likeness (QED) is 0.167. The third-order valence-corrected chi connectivity index (χ3v) is 14.9. The Hall–Kier alpha value is -8.80. The molecule has 10 aromatic carbocycles. The second-order valence-electron chi connectivity index (χ2n) is 19.7. The van der Waals surface area contributed by atoms with Crippen LogP contribution in [0.4, 0.5) is 0 Å². The highest BCUT2D eigenvalue weighted by molar-refractivity contribution is 6.14. The highest BCUT2D eigenvalue weighted by Crippen LogP contribution is 2.43. The van der Waals surface area contributed by atoms with Crippen molar-refractivity contribution in [1.82, 2.24) is 9.13 Å². The number of furan rings is 2. The maximum atomic E-state index is 7.00. The fourth-order valence-corrected chi connectivity index (χ4v) is 12.1. The van der Waals surface area contributed by atoms with Gasteiger partial charge in [0, 0.05) is 54.5 Å². The van der Waals surface area contributed by atoms with E-state index in [0.717, 1.165) is 110 Å². The van der Waals surface area contributed by atoms with Crippen molar-refractivity contribution in [2.75, 3.05) is 0 Å². The molecule has 0 radical (unpaired) electrons. The molecule has 0 unspecified atom stereocenters. The average molecular weight is 917 g/mol. The fraction of sp³-hybridized carbons (Fsp3) is 0.0909. The van der Waals surface area contributed by atoms with E-state index in [0.29, 0.717) is 0 Å². The molecule has 14 rings (SSSR count). The third kappa shape index (κ3) is 6.39. The zero-order valence-electron chi connectivity index (χ0n) is 40.4. The van der Waals surface area contributed by atoms with Crippen LogP contribution in [0.15, 0.2) is 191 Å². The van der Waals surface area contributed by atoms with Crippen molar-refractivity contribution in [3.05, 3.63) is 215 Å². The van der Waals surface area contributed by atoms with E-state index in [1.165, 1.54) is 55.6 Å². The summed E-state index contributed by atoms with van der Waals surface area (Å²) in [6, 6.07) is 65.7.